The van der Waals surface area contributed by atoms with Gasteiger partial charge in [-0.15, -0.1) is 0 Å². The molecule has 0 radical (unpaired) electrons. The second-order valence-corrected chi connectivity index (χ2v) is 7.62. The van der Waals surface area contributed by atoms with Crippen molar-refractivity contribution in [1.29, 1.82) is 0 Å². The summed E-state index contributed by atoms with van der Waals surface area (Å²) in [4.78, 5) is 23.5. The van der Waals surface area contributed by atoms with Crippen LogP contribution in [0.1, 0.15) is 26.2 Å². The molecule has 2 atom stereocenters. The van der Waals surface area contributed by atoms with Gasteiger partial charge < -0.3 is 10.8 Å². The Morgan fingerprint density at radius 2 is 2.00 bits per heavy atom. The van der Waals surface area contributed by atoms with Gasteiger partial charge in [0.25, 0.3) is 0 Å². The van der Waals surface area contributed by atoms with E-state index in [-0.39, 0.29) is 29.9 Å². The summed E-state index contributed by atoms with van der Waals surface area (Å²) in [5, 5.41) is 8.97. The van der Waals surface area contributed by atoms with E-state index < -0.39 is 21.7 Å². The second-order valence-electron chi connectivity index (χ2n) is 5.31. The summed E-state index contributed by atoms with van der Waals surface area (Å²) in [6, 6.07) is 0.0520. The number of carboxylic acid groups (broad SMARTS) is 1. The number of nitrogens with zero attached hydrogens (tertiary/aromatic N) is 1. The van der Waals surface area contributed by atoms with Gasteiger partial charge in [0.2, 0.25) is 5.91 Å². The highest BCUT2D eigenvalue weighted by molar-refractivity contribution is 7.91. The highest BCUT2D eigenvalue weighted by atomic mass is 32.2. The minimum atomic E-state index is -3.29. The van der Waals surface area contributed by atoms with Crippen LogP contribution in [-0.2, 0) is 19.4 Å². The summed E-state index contributed by atoms with van der Waals surface area (Å²) in [5.74, 6) is -1.99. The standard InChI is InChI=1S/C12H22N2O5S/c1-9-8-10(12(16)17)2-4-14(9)5-7-20(18,19)6-3-11(13)15/h9-10H,2-8H2,1H3,(H2,13,15)(H,16,17). The smallest absolute Gasteiger partial charge is 0.306 e. The number of rotatable bonds is 7. The van der Waals surface area contributed by atoms with E-state index in [2.05, 4.69) is 0 Å². The fourth-order valence-electron chi connectivity index (χ4n) is 2.39. The zero-order valence-electron chi connectivity index (χ0n) is 11.6. The molecule has 116 valence electrons. The fraction of sp³-hybridized carbons (Fsp3) is 0.833. The quantitative estimate of drug-likeness (QED) is 0.652. The number of amides is 1. The van der Waals surface area contributed by atoms with Gasteiger partial charge in [0.05, 0.1) is 17.4 Å². The van der Waals surface area contributed by atoms with Crippen molar-refractivity contribution in [3.8, 4) is 0 Å². The predicted octanol–water partition coefficient (Wildman–Crippen LogP) is -0.538. The van der Waals surface area contributed by atoms with Crippen molar-refractivity contribution >= 4 is 21.7 Å². The van der Waals surface area contributed by atoms with Crippen molar-refractivity contribution in [2.24, 2.45) is 11.7 Å². The number of aliphatic carboxylic acids is 1. The first-order chi connectivity index (χ1) is 9.21. The van der Waals surface area contributed by atoms with E-state index in [0.29, 0.717) is 25.9 Å². The van der Waals surface area contributed by atoms with E-state index >= 15 is 0 Å². The molecule has 1 aliphatic rings. The number of primary amides is 1. The van der Waals surface area contributed by atoms with Crippen LogP contribution >= 0.6 is 0 Å². The Labute approximate surface area is 119 Å². The van der Waals surface area contributed by atoms with Crippen molar-refractivity contribution in [3.05, 3.63) is 0 Å². The Morgan fingerprint density at radius 3 is 2.50 bits per heavy atom. The highest BCUT2D eigenvalue weighted by Gasteiger charge is 2.30. The van der Waals surface area contributed by atoms with Gasteiger partial charge in [0, 0.05) is 19.0 Å². The van der Waals surface area contributed by atoms with Crippen LogP contribution in [-0.4, -0.2) is 60.9 Å². The molecule has 7 nitrogen and oxygen atoms in total. The van der Waals surface area contributed by atoms with Gasteiger partial charge in [-0.1, -0.05) is 0 Å². The van der Waals surface area contributed by atoms with Crippen LogP contribution < -0.4 is 5.73 Å². The monoisotopic (exact) mass is 306 g/mol. The Bertz CT molecular complexity index is 462. The van der Waals surface area contributed by atoms with Gasteiger partial charge in [-0.25, -0.2) is 8.42 Å². The summed E-state index contributed by atoms with van der Waals surface area (Å²) in [7, 11) is -3.29. The molecule has 0 bridgehead atoms. The number of sulfone groups is 1. The van der Waals surface area contributed by atoms with Crippen LogP contribution in [0, 0.1) is 5.92 Å². The summed E-state index contributed by atoms with van der Waals surface area (Å²) in [5.41, 5.74) is 4.93. The molecule has 0 saturated carbocycles. The number of piperidine rings is 1. The summed E-state index contributed by atoms with van der Waals surface area (Å²) < 4.78 is 23.5. The van der Waals surface area contributed by atoms with E-state index in [0.717, 1.165) is 0 Å². The first kappa shape index (κ1) is 16.9. The first-order valence-corrected chi connectivity index (χ1v) is 8.49. The molecule has 1 rings (SSSR count). The molecular formula is C12H22N2O5S. The van der Waals surface area contributed by atoms with Crippen molar-refractivity contribution < 1.29 is 23.1 Å². The first-order valence-electron chi connectivity index (χ1n) is 6.67. The average Bonchev–Trinajstić information content (AvgIpc) is 2.35. The van der Waals surface area contributed by atoms with E-state index in [1.54, 1.807) is 0 Å². The minimum Gasteiger partial charge on any atom is -0.481 e. The van der Waals surface area contributed by atoms with Gasteiger partial charge in [0.15, 0.2) is 9.84 Å². The van der Waals surface area contributed by atoms with Gasteiger partial charge in [-0.05, 0) is 26.3 Å². The van der Waals surface area contributed by atoms with Crippen molar-refractivity contribution in [2.45, 2.75) is 32.2 Å². The third kappa shape index (κ3) is 5.46. The largest absolute Gasteiger partial charge is 0.481 e. The molecule has 8 heteroatoms. The normalized spacial score (nSPS) is 24.4. The van der Waals surface area contributed by atoms with Crippen LogP contribution in [0.4, 0.5) is 0 Å². The lowest BCUT2D eigenvalue weighted by Gasteiger charge is -2.36. The van der Waals surface area contributed by atoms with Crippen LogP contribution in [0.2, 0.25) is 0 Å². The lowest BCUT2D eigenvalue weighted by molar-refractivity contribution is -0.144. The minimum absolute atomic E-state index is 0.0254. The number of hydrogen-bond acceptors (Lipinski definition) is 5. The molecule has 0 spiro atoms. The van der Waals surface area contributed by atoms with Crippen LogP contribution in [0.3, 0.4) is 0 Å². The van der Waals surface area contributed by atoms with Crippen LogP contribution in [0.5, 0.6) is 0 Å². The van der Waals surface area contributed by atoms with Crippen LogP contribution in [0.25, 0.3) is 0 Å². The van der Waals surface area contributed by atoms with Gasteiger partial charge in [-0.2, -0.15) is 0 Å². The summed E-state index contributed by atoms with van der Waals surface area (Å²) in [6.45, 7) is 2.86. The average molecular weight is 306 g/mol. The Hall–Kier alpha value is -1.15. The van der Waals surface area contributed by atoms with E-state index in [4.69, 9.17) is 10.8 Å². The lowest BCUT2D eigenvalue weighted by atomic mass is 9.92. The third-order valence-corrected chi connectivity index (χ3v) is 5.34. The Kier molecular flexibility index (Phi) is 5.94. The van der Waals surface area contributed by atoms with E-state index in [9.17, 15) is 18.0 Å². The molecule has 1 fully saturated rings. The molecular weight excluding hydrogens is 284 g/mol. The third-order valence-electron chi connectivity index (χ3n) is 3.71. The van der Waals surface area contributed by atoms with Gasteiger partial charge in [0.1, 0.15) is 0 Å². The van der Waals surface area contributed by atoms with E-state index in [1.807, 2.05) is 11.8 Å². The molecule has 1 heterocycles. The lowest BCUT2D eigenvalue weighted by Crippen LogP contribution is -2.44. The Morgan fingerprint density at radius 1 is 1.35 bits per heavy atom. The molecule has 0 aromatic rings. The number of hydrogen-bond donors (Lipinski definition) is 2. The number of likely N-dealkylation sites (tertiary alicyclic amines) is 1. The molecule has 1 aliphatic heterocycles. The van der Waals surface area contributed by atoms with Gasteiger partial charge in [-0.3, -0.25) is 14.5 Å². The second kappa shape index (κ2) is 7.03. The molecule has 0 aromatic heterocycles. The fourth-order valence-corrected chi connectivity index (χ4v) is 3.62. The Balaban J connectivity index is 2.42. The SMILES string of the molecule is CC1CC(C(=O)O)CCN1CCS(=O)(=O)CCC(N)=O. The maximum absolute atomic E-state index is 11.7. The highest BCUT2D eigenvalue weighted by Crippen LogP contribution is 2.22. The molecule has 20 heavy (non-hydrogen) atoms. The van der Waals surface area contributed by atoms with E-state index in [1.165, 1.54) is 0 Å². The van der Waals surface area contributed by atoms with Crippen LogP contribution in [0.15, 0.2) is 0 Å². The zero-order valence-corrected chi connectivity index (χ0v) is 12.4. The van der Waals surface area contributed by atoms with Crippen molar-refractivity contribution in [2.75, 3.05) is 24.6 Å². The summed E-state index contributed by atoms with van der Waals surface area (Å²) in [6.07, 6.45) is 0.927. The molecule has 3 N–H and O–H groups in total. The summed E-state index contributed by atoms with van der Waals surface area (Å²) >= 11 is 0. The van der Waals surface area contributed by atoms with Gasteiger partial charge >= 0.3 is 5.97 Å². The molecule has 1 amide bonds. The topological polar surface area (TPSA) is 118 Å². The van der Waals surface area contributed by atoms with Crippen molar-refractivity contribution in [3.63, 3.8) is 0 Å². The van der Waals surface area contributed by atoms with Crippen molar-refractivity contribution in [1.82, 2.24) is 4.90 Å². The number of carbonyl (C=O) groups excluding carboxylic acids is 1. The molecule has 0 aromatic carbocycles. The number of carboxylic acids is 1. The number of carbonyl (C=O) groups is 2. The maximum Gasteiger partial charge on any atom is 0.306 e. The molecule has 2 unspecified atom stereocenters. The predicted molar refractivity (Wildman–Crippen MR) is 73.9 cm³/mol. The maximum atomic E-state index is 11.7. The molecule has 1 saturated heterocycles. The zero-order chi connectivity index (χ0) is 15.3. The number of nitrogens with two attached hydrogens (primary N) is 1. The molecule has 0 aliphatic carbocycles.